The van der Waals surface area contributed by atoms with E-state index in [1.165, 1.54) is 12.1 Å². The predicted molar refractivity (Wildman–Crippen MR) is 107 cm³/mol. The summed E-state index contributed by atoms with van der Waals surface area (Å²) in [5.41, 5.74) is 1.11. The Morgan fingerprint density at radius 2 is 1.93 bits per heavy atom. The van der Waals surface area contributed by atoms with Gasteiger partial charge >= 0.3 is 0 Å². The van der Waals surface area contributed by atoms with E-state index >= 15 is 0 Å². The molecule has 2 amide bonds. The fraction of sp³-hybridized carbons (Fsp3) is 0.364. The minimum atomic E-state index is -0.515. The summed E-state index contributed by atoms with van der Waals surface area (Å²) in [5, 5.41) is 23.1. The van der Waals surface area contributed by atoms with Crippen molar-refractivity contribution in [2.75, 3.05) is 25.0 Å². The van der Waals surface area contributed by atoms with Crippen molar-refractivity contribution in [2.24, 2.45) is 0 Å². The van der Waals surface area contributed by atoms with Crippen LogP contribution in [0.15, 0.2) is 48.5 Å². The highest BCUT2D eigenvalue weighted by molar-refractivity contribution is 5.99. The van der Waals surface area contributed by atoms with E-state index in [1.54, 1.807) is 17.9 Å². The molecule has 0 saturated carbocycles. The lowest BCUT2D eigenvalue weighted by atomic mass is 9.74. The molecule has 0 bridgehead atoms. The fourth-order valence-electron chi connectivity index (χ4n) is 3.76. The Morgan fingerprint density at radius 3 is 2.61 bits per heavy atom. The number of carbonyl (C=O) groups excluding carboxylic acids is 2. The lowest BCUT2D eigenvalue weighted by Crippen LogP contribution is -2.50. The van der Waals surface area contributed by atoms with Crippen LogP contribution in [0.3, 0.4) is 0 Å². The molecule has 1 aliphatic heterocycles. The third-order valence-electron chi connectivity index (χ3n) is 5.38. The van der Waals surface area contributed by atoms with Gasteiger partial charge in [0.1, 0.15) is 5.75 Å². The van der Waals surface area contributed by atoms with Gasteiger partial charge in [0.05, 0.1) is 12.2 Å². The molecule has 0 radical (unpaired) electrons. The molecule has 0 aromatic heterocycles. The van der Waals surface area contributed by atoms with E-state index in [9.17, 15) is 19.8 Å². The number of nitrogens with zero attached hydrogens (tertiary/aromatic N) is 1. The summed E-state index contributed by atoms with van der Waals surface area (Å²) < 4.78 is 0. The minimum absolute atomic E-state index is 0.0562. The zero-order chi connectivity index (χ0) is 20.1. The van der Waals surface area contributed by atoms with Crippen molar-refractivity contribution in [1.29, 1.82) is 0 Å². The van der Waals surface area contributed by atoms with Crippen LogP contribution in [-0.4, -0.2) is 46.6 Å². The van der Waals surface area contributed by atoms with E-state index in [4.69, 9.17) is 0 Å². The number of aliphatic hydroxyl groups excluding tert-OH is 1. The first-order valence-corrected chi connectivity index (χ1v) is 9.57. The number of hydrogen-bond acceptors (Lipinski definition) is 4. The number of phenolic OH excluding ortho intramolecular Hbond substituents is 1. The van der Waals surface area contributed by atoms with Gasteiger partial charge in [0.2, 0.25) is 5.91 Å². The van der Waals surface area contributed by atoms with Gasteiger partial charge in [0.15, 0.2) is 0 Å². The largest absolute Gasteiger partial charge is 0.507 e. The smallest absolute Gasteiger partial charge is 0.257 e. The summed E-state index contributed by atoms with van der Waals surface area (Å²) in [7, 11) is 0. The Morgan fingerprint density at radius 1 is 1.18 bits per heavy atom. The molecular weight excluding hydrogens is 356 g/mol. The highest BCUT2D eigenvalue weighted by Crippen LogP contribution is 2.35. The van der Waals surface area contributed by atoms with Crippen molar-refractivity contribution in [2.45, 2.75) is 31.6 Å². The number of carbonyl (C=O) groups is 2. The number of amides is 2. The molecule has 0 aliphatic carbocycles. The Hall–Kier alpha value is -2.86. The zero-order valence-corrected chi connectivity index (χ0v) is 16.0. The van der Waals surface area contributed by atoms with Crippen molar-refractivity contribution in [3.63, 3.8) is 0 Å². The lowest BCUT2D eigenvalue weighted by molar-refractivity contribution is -0.115. The first-order chi connectivity index (χ1) is 13.5. The molecule has 2 aromatic rings. The second-order valence-electron chi connectivity index (χ2n) is 7.27. The average Bonchev–Trinajstić information content (AvgIpc) is 2.75. The van der Waals surface area contributed by atoms with Crippen LogP contribution in [0.4, 0.5) is 5.69 Å². The maximum absolute atomic E-state index is 13.1. The molecule has 6 heteroatoms. The van der Waals surface area contributed by atoms with E-state index < -0.39 is 5.41 Å². The SMILES string of the molecule is CCC(=O)Nc1ccc(O)c(C(=O)N2CCC[C@](CO)(c3ccccc3)C2)c1. The number of benzene rings is 2. The molecule has 1 fully saturated rings. The van der Waals surface area contributed by atoms with E-state index in [0.717, 1.165) is 18.4 Å². The fourth-order valence-corrected chi connectivity index (χ4v) is 3.76. The Kier molecular flexibility index (Phi) is 5.99. The van der Waals surface area contributed by atoms with Gasteiger partial charge in [-0.1, -0.05) is 37.3 Å². The molecule has 1 atom stereocenters. The van der Waals surface area contributed by atoms with E-state index in [-0.39, 0.29) is 29.7 Å². The molecule has 148 valence electrons. The maximum Gasteiger partial charge on any atom is 0.257 e. The van der Waals surface area contributed by atoms with Crippen molar-refractivity contribution < 1.29 is 19.8 Å². The standard InChI is InChI=1S/C22H26N2O4/c1-2-20(27)23-17-9-10-19(26)18(13-17)21(28)24-12-6-11-22(14-24,15-25)16-7-4-3-5-8-16/h3-5,7-10,13,25-26H,2,6,11-12,14-15H2,1H3,(H,23,27)/t22-/m0/s1. The molecule has 6 nitrogen and oxygen atoms in total. The zero-order valence-electron chi connectivity index (χ0n) is 16.0. The minimum Gasteiger partial charge on any atom is -0.507 e. The molecule has 1 saturated heterocycles. The van der Waals surface area contributed by atoms with Crippen LogP contribution in [0.5, 0.6) is 5.75 Å². The predicted octanol–water partition coefficient (Wildman–Crippen LogP) is 2.91. The summed E-state index contributed by atoms with van der Waals surface area (Å²) in [6, 6.07) is 14.2. The summed E-state index contributed by atoms with van der Waals surface area (Å²) in [6.45, 7) is 2.61. The second kappa shape index (κ2) is 8.44. The first kappa shape index (κ1) is 19.9. The van der Waals surface area contributed by atoms with Crippen molar-refractivity contribution in [3.05, 3.63) is 59.7 Å². The summed E-state index contributed by atoms with van der Waals surface area (Å²) in [6.07, 6.45) is 1.87. The van der Waals surface area contributed by atoms with Gasteiger partial charge in [-0.05, 0) is 36.6 Å². The van der Waals surface area contributed by atoms with Crippen molar-refractivity contribution in [3.8, 4) is 5.75 Å². The molecular formula is C22H26N2O4. The number of aromatic hydroxyl groups is 1. The Labute approximate surface area is 164 Å². The van der Waals surface area contributed by atoms with Crippen molar-refractivity contribution >= 4 is 17.5 Å². The number of piperidine rings is 1. The van der Waals surface area contributed by atoms with Crippen LogP contribution >= 0.6 is 0 Å². The molecule has 1 aliphatic rings. The van der Waals surface area contributed by atoms with E-state index in [2.05, 4.69) is 5.32 Å². The summed E-state index contributed by atoms with van der Waals surface area (Å²) in [4.78, 5) is 26.4. The topological polar surface area (TPSA) is 89.9 Å². The molecule has 3 rings (SSSR count). The monoisotopic (exact) mass is 382 g/mol. The molecule has 1 heterocycles. The van der Waals surface area contributed by atoms with E-state index in [0.29, 0.717) is 25.2 Å². The van der Waals surface area contributed by atoms with Gasteiger partial charge < -0.3 is 20.4 Å². The highest BCUT2D eigenvalue weighted by Gasteiger charge is 2.38. The van der Waals surface area contributed by atoms with Gasteiger partial charge in [-0.15, -0.1) is 0 Å². The van der Waals surface area contributed by atoms with Gasteiger partial charge in [-0.25, -0.2) is 0 Å². The maximum atomic E-state index is 13.1. The Balaban J connectivity index is 1.86. The molecule has 28 heavy (non-hydrogen) atoms. The van der Waals surface area contributed by atoms with Crippen LogP contribution in [-0.2, 0) is 10.2 Å². The van der Waals surface area contributed by atoms with Crippen LogP contribution in [0.2, 0.25) is 0 Å². The van der Waals surface area contributed by atoms with Crippen LogP contribution < -0.4 is 5.32 Å². The third kappa shape index (κ3) is 4.02. The average molecular weight is 382 g/mol. The number of likely N-dealkylation sites (tertiary alicyclic amines) is 1. The normalized spacial score (nSPS) is 19.3. The lowest BCUT2D eigenvalue weighted by Gasteiger charge is -2.42. The van der Waals surface area contributed by atoms with Crippen LogP contribution in [0.1, 0.15) is 42.1 Å². The van der Waals surface area contributed by atoms with Crippen LogP contribution in [0, 0.1) is 0 Å². The summed E-state index contributed by atoms with van der Waals surface area (Å²) in [5.74, 6) is -0.594. The quantitative estimate of drug-likeness (QED) is 0.694. The number of aliphatic hydroxyl groups is 1. The third-order valence-corrected chi connectivity index (χ3v) is 5.38. The molecule has 0 spiro atoms. The number of phenols is 1. The van der Waals surface area contributed by atoms with Gasteiger partial charge in [-0.3, -0.25) is 9.59 Å². The summed E-state index contributed by atoms with van der Waals surface area (Å²) >= 11 is 0. The number of rotatable bonds is 5. The first-order valence-electron chi connectivity index (χ1n) is 9.57. The Bertz CT molecular complexity index is 853. The van der Waals surface area contributed by atoms with Crippen LogP contribution in [0.25, 0.3) is 0 Å². The number of anilines is 1. The molecule has 0 unspecified atom stereocenters. The van der Waals surface area contributed by atoms with Gasteiger partial charge in [0, 0.05) is 30.6 Å². The van der Waals surface area contributed by atoms with Gasteiger partial charge in [-0.2, -0.15) is 0 Å². The number of hydrogen-bond donors (Lipinski definition) is 3. The van der Waals surface area contributed by atoms with E-state index in [1.807, 2.05) is 30.3 Å². The van der Waals surface area contributed by atoms with Gasteiger partial charge in [0.25, 0.3) is 5.91 Å². The number of nitrogens with one attached hydrogen (secondary N) is 1. The highest BCUT2D eigenvalue weighted by atomic mass is 16.3. The molecule has 2 aromatic carbocycles. The molecule has 3 N–H and O–H groups in total. The second-order valence-corrected chi connectivity index (χ2v) is 7.27. The van der Waals surface area contributed by atoms with Crippen molar-refractivity contribution in [1.82, 2.24) is 4.90 Å².